The Labute approximate surface area is 98.6 Å². The lowest BCUT2D eigenvalue weighted by Gasteiger charge is -2.01. The lowest BCUT2D eigenvalue weighted by atomic mass is 9.77. The van der Waals surface area contributed by atoms with Crippen LogP contribution < -0.4 is 5.46 Å². The Morgan fingerprint density at radius 1 is 1.19 bits per heavy atom. The molecule has 0 amide bonds. The van der Waals surface area contributed by atoms with Crippen LogP contribution in [0.3, 0.4) is 0 Å². The highest BCUT2D eigenvalue weighted by Crippen LogP contribution is 2.30. The third kappa shape index (κ3) is 1.89. The molecule has 2 aromatic heterocycles. The number of aromatic nitrogens is 1. The molecule has 0 fully saturated rings. The largest absolute Gasteiger partial charge is 0.489 e. The van der Waals surface area contributed by atoms with Gasteiger partial charge in [-0.15, -0.1) is 11.3 Å². The van der Waals surface area contributed by atoms with Gasteiger partial charge in [-0.25, -0.2) is 0 Å². The summed E-state index contributed by atoms with van der Waals surface area (Å²) in [5, 5.41) is 18.6. The molecule has 2 rings (SSSR count). The van der Waals surface area contributed by atoms with E-state index in [0.29, 0.717) is 5.46 Å². The Bertz CT molecular complexity index is 496. The molecule has 0 unspecified atom stereocenters. The maximum absolute atomic E-state index is 9.30. The van der Waals surface area contributed by atoms with Crippen LogP contribution in [0.4, 0.5) is 0 Å². The van der Waals surface area contributed by atoms with Crippen LogP contribution in [0.1, 0.15) is 10.4 Å². The summed E-state index contributed by atoms with van der Waals surface area (Å²) in [6, 6.07) is 3.84. The van der Waals surface area contributed by atoms with E-state index in [9.17, 15) is 10.0 Å². The fourth-order valence-electron chi connectivity index (χ4n) is 1.83. The van der Waals surface area contributed by atoms with Gasteiger partial charge in [0.2, 0.25) is 0 Å². The van der Waals surface area contributed by atoms with Crippen LogP contribution >= 0.6 is 11.3 Å². The first-order valence-electron chi connectivity index (χ1n) is 4.97. The molecule has 0 saturated heterocycles. The zero-order valence-corrected chi connectivity index (χ0v) is 9.95. The minimum Gasteiger partial charge on any atom is -0.423 e. The summed E-state index contributed by atoms with van der Waals surface area (Å²) < 4.78 is 0. The number of nitrogens with zero attached hydrogens (tertiary/aromatic N) is 1. The molecule has 0 aliphatic heterocycles. The van der Waals surface area contributed by atoms with Gasteiger partial charge in [0.05, 0.1) is 0 Å². The van der Waals surface area contributed by atoms with Gasteiger partial charge in [0.15, 0.2) is 0 Å². The molecule has 2 N–H and O–H groups in total. The zero-order valence-electron chi connectivity index (χ0n) is 9.14. The first-order valence-corrected chi connectivity index (χ1v) is 5.79. The Kier molecular flexibility index (Phi) is 3.09. The number of pyridine rings is 1. The minimum absolute atomic E-state index is 0.622. The van der Waals surface area contributed by atoms with E-state index < -0.39 is 7.12 Å². The van der Waals surface area contributed by atoms with Crippen molar-refractivity contribution in [3.63, 3.8) is 0 Å². The van der Waals surface area contributed by atoms with Gasteiger partial charge in [-0.2, -0.15) is 0 Å². The Morgan fingerprint density at radius 2 is 1.81 bits per heavy atom. The van der Waals surface area contributed by atoms with Gasteiger partial charge in [0.25, 0.3) is 0 Å². The molecule has 2 heterocycles. The Morgan fingerprint density at radius 3 is 2.31 bits per heavy atom. The van der Waals surface area contributed by atoms with Gasteiger partial charge in [-0.05, 0) is 42.6 Å². The Hall–Kier alpha value is -1.17. The van der Waals surface area contributed by atoms with Gasteiger partial charge >= 0.3 is 7.12 Å². The number of aryl methyl sites for hydroxylation is 1. The molecular weight excluding hydrogens is 221 g/mol. The van der Waals surface area contributed by atoms with Crippen molar-refractivity contribution in [2.75, 3.05) is 0 Å². The average molecular weight is 233 g/mol. The molecule has 0 aliphatic rings. The predicted molar refractivity (Wildman–Crippen MR) is 66.8 cm³/mol. The summed E-state index contributed by atoms with van der Waals surface area (Å²) in [6.45, 7) is 3.81. The average Bonchev–Trinajstić information content (AvgIpc) is 2.55. The molecular formula is C11H12BNO2S. The van der Waals surface area contributed by atoms with E-state index in [0.717, 1.165) is 20.9 Å². The van der Waals surface area contributed by atoms with Crippen molar-refractivity contribution in [2.24, 2.45) is 0 Å². The lowest BCUT2D eigenvalue weighted by Crippen LogP contribution is -2.32. The van der Waals surface area contributed by atoms with Gasteiger partial charge in [-0.3, -0.25) is 4.98 Å². The van der Waals surface area contributed by atoms with Crippen molar-refractivity contribution in [3.05, 3.63) is 35.0 Å². The fourth-order valence-corrected chi connectivity index (χ4v) is 3.02. The molecule has 0 radical (unpaired) electrons. The van der Waals surface area contributed by atoms with Crippen LogP contribution in [0.25, 0.3) is 10.4 Å². The summed E-state index contributed by atoms with van der Waals surface area (Å²) in [5.74, 6) is 0. The minimum atomic E-state index is -1.40. The van der Waals surface area contributed by atoms with E-state index in [2.05, 4.69) is 4.98 Å². The first-order chi connectivity index (χ1) is 7.61. The molecule has 2 aromatic rings. The van der Waals surface area contributed by atoms with Crippen molar-refractivity contribution in [2.45, 2.75) is 13.8 Å². The predicted octanol–water partition coefficient (Wildman–Crippen LogP) is 1.11. The van der Waals surface area contributed by atoms with Gasteiger partial charge in [0.1, 0.15) is 0 Å². The molecule has 0 aromatic carbocycles. The number of thiophene rings is 1. The van der Waals surface area contributed by atoms with Crippen LogP contribution in [0, 0.1) is 13.8 Å². The second kappa shape index (κ2) is 4.37. The summed E-state index contributed by atoms with van der Waals surface area (Å²) in [6.07, 6.45) is 3.47. The molecule has 0 spiro atoms. The quantitative estimate of drug-likeness (QED) is 0.764. The molecule has 5 heteroatoms. The fraction of sp³-hybridized carbons (Fsp3) is 0.182. The third-order valence-electron chi connectivity index (χ3n) is 2.58. The molecule has 0 saturated carbocycles. The second-order valence-corrected chi connectivity index (χ2v) is 4.86. The summed E-state index contributed by atoms with van der Waals surface area (Å²) >= 11 is 1.57. The van der Waals surface area contributed by atoms with E-state index in [-0.39, 0.29) is 0 Å². The number of hydrogen-bond donors (Lipinski definition) is 2. The van der Waals surface area contributed by atoms with Gasteiger partial charge < -0.3 is 10.0 Å². The van der Waals surface area contributed by atoms with Crippen LogP contribution in [0.15, 0.2) is 24.5 Å². The second-order valence-electron chi connectivity index (χ2n) is 3.64. The highest BCUT2D eigenvalue weighted by Gasteiger charge is 2.22. The number of hydrogen-bond acceptors (Lipinski definition) is 4. The smallest absolute Gasteiger partial charge is 0.423 e. The summed E-state index contributed by atoms with van der Waals surface area (Å²) in [7, 11) is -1.40. The van der Waals surface area contributed by atoms with E-state index in [1.54, 1.807) is 23.7 Å². The van der Waals surface area contributed by atoms with Crippen molar-refractivity contribution in [1.82, 2.24) is 4.98 Å². The molecule has 0 atom stereocenters. The maximum atomic E-state index is 9.30. The molecule has 82 valence electrons. The van der Waals surface area contributed by atoms with Crippen molar-refractivity contribution in [3.8, 4) is 10.4 Å². The van der Waals surface area contributed by atoms with Crippen molar-refractivity contribution >= 4 is 23.9 Å². The highest BCUT2D eigenvalue weighted by molar-refractivity contribution is 7.17. The van der Waals surface area contributed by atoms with E-state index >= 15 is 0 Å². The normalized spacial score (nSPS) is 10.5. The molecule has 0 bridgehead atoms. The lowest BCUT2D eigenvalue weighted by molar-refractivity contribution is 0.425. The first kappa shape index (κ1) is 11.3. The van der Waals surface area contributed by atoms with Gasteiger partial charge in [0, 0.05) is 22.1 Å². The van der Waals surface area contributed by atoms with Crippen LogP contribution in [0.5, 0.6) is 0 Å². The maximum Gasteiger partial charge on any atom is 0.489 e. The number of rotatable bonds is 2. The van der Waals surface area contributed by atoms with Gasteiger partial charge in [-0.1, -0.05) is 0 Å². The van der Waals surface area contributed by atoms with Crippen LogP contribution in [0.2, 0.25) is 0 Å². The highest BCUT2D eigenvalue weighted by atomic mass is 32.1. The Balaban J connectivity index is 2.56. The van der Waals surface area contributed by atoms with Crippen molar-refractivity contribution in [1.29, 1.82) is 0 Å². The van der Waals surface area contributed by atoms with E-state index in [1.165, 1.54) is 0 Å². The molecule has 16 heavy (non-hydrogen) atoms. The zero-order chi connectivity index (χ0) is 11.7. The monoisotopic (exact) mass is 233 g/mol. The topological polar surface area (TPSA) is 53.4 Å². The van der Waals surface area contributed by atoms with Crippen LogP contribution in [-0.4, -0.2) is 22.2 Å². The summed E-state index contributed by atoms with van der Waals surface area (Å²) in [4.78, 5) is 5.99. The molecule has 3 nitrogen and oxygen atoms in total. The van der Waals surface area contributed by atoms with Crippen molar-refractivity contribution < 1.29 is 10.0 Å². The van der Waals surface area contributed by atoms with E-state index in [1.807, 2.05) is 26.0 Å². The van der Waals surface area contributed by atoms with Crippen LogP contribution in [-0.2, 0) is 0 Å². The SMILES string of the molecule is Cc1sc(-c2ccncc2)c(C)c1B(O)O. The van der Waals surface area contributed by atoms with E-state index in [4.69, 9.17) is 0 Å². The summed E-state index contributed by atoms with van der Waals surface area (Å²) in [5.41, 5.74) is 2.62. The third-order valence-corrected chi connectivity index (χ3v) is 3.85. The molecule has 0 aliphatic carbocycles. The standard InChI is InChI=1S/C11H12BNO2S/c1-7-10(12(14)15)8(2)16-11(7)9-3-5-13-6-4-9/h3-6,14-15H,1-2H3.